The van der Waals surface area contributed by atoms with Crippen LogP contribution in [0.5, 0.6) is 5.75 Å². The van der Waals surface area contributed by atoms with Crippen molar-refractivity contribution in [1.29, 1.82) is 0 Å². The topological polar surface area (TPSA) is 87.9 Å². The number of hydrogen-bond donors (Lipinski definition) is 1. The van der Waals surface area contributed by atoms with Gasteiger partial charge in [-0.3, -0.25) is 0 Å². The number of anilines is 1. The Kier molecular flexibility index (Phi) is 4.53. The number of benzene rings is 1. The molecule has 1 atom stereocenters. The first-order chi connectivity index (χ1) is 8.49. The molecule has 0 radical (unpaired) electrons. The SMILES string of the molecule is COC(=O)C(C)OC(=O)c1ccc(N)c(OC)c1. The Morgan fingerprint density at radius 2 is 1.94 bits per heavy atom. The first-order valence-electron chi connectivity index (χ1n) is 5.22. The standard InChI is InChI=1S/C12H15NO5/c1-7(11(14)17-3)18-12(15)8-4-5-9(13)10(6-8)16-2/h4-7H,13H2,1-3H3. The van der Waals surface area contributed by atoms with Crippen LogP contribution in [0.4, 0.5) is 5.69 Å². The van der Waals surface area contributed by atoms with Gasteiger partial charge in [0, 0.05) is 0 Å². The van der Waals surface area contributed by atoms with Crippen LogP contribution in [0.2, 0.25) is 0 Å². The van der Waals surface area contributed by atoms with Crippen LogP contribution < -0.4 is 10.5 Å². The van der Waals surface area contributed by atoms with Gasteiger partial charge in [-0.05, 0) is 25.1 Å². The average molecular weight is 253 g/mol. The Balaban J connectivity index is 2.81. The summed E-state index contributed by atoms with van der Waals surface area (Å²) in [4.78, 5) is 22.8. The van der Waals surface area contributed by atoms with Crippen LogP contribution in [-0.4, -0.2) is 32.3 Å². The van der Waals surface area contributed by atoms with E-state index in [1.54, 1.807) is 0 Å². The van der Waals surface area contributed by atoms with Crippen LogP contribution in [0.3, 0.4) is 0 Å². The number of methoxy groups -OCH3 is 2. The van der Waals surface area contributed by atoms with Crippen molar-refractivity contribution >= 4 is 17.6 Å². The molecule has 1 aromatic rings. The van der Waals surface area contributed by atoms with Crippen LogP contribution in [0, 0.1) is 0 Å². The Morgan fingerprint density at radius 1 is 1.28 bits per heavy atom. The van der Waals surface area contributed by atoms with Crippen LogP contribution >= 0.6 is 0 Å². The maximum absolute atomic E-state index is 11.7. The zero-order valence-electron chi connectivity index (χ0n) is 10.4. The highest BCUT2D eigenvalue weighted by Crippen LogP contribution is 2.22. The van der Waals surface area contributed by atoms with Gasteiger partial charge in [-0.1, -0.05) is 0 Å². The molecule has 0 amide bonds. The van der Waals surface area contributed by atoms with E-state index in [0.717, 1.165) is 0 Å². The third-order valence-electron chi connectivity index (χ3n) is 2.29. The van der Waals surface area contributed by atoms with E-state index in [2.05, 4.69) is 4.74 Å². The van der Waals surface area contributed by atoms with E-state index < -0.39 is 18.0 Å². The molecule has 6 nitrogen and oxygen atoms in total. The normalized spacial score (nSPS) is 11.5. The highest BCUT2D eigenvalue weighted by Gasteiger charge is 2.19. The first-order valence-corrected chi connectivity index (χ1v) is 5.22. The molecule has 0 heterocycles. The van der Waals surface area contributed by atoms with E-state index in [-0.39, 0.29) is 5.56 Å². The number of rotatable bonds is 4. The molecule has 2 N–H and O–H groups in total. The summed E-state index contributed by atoms with van der Waals surface area (Å²) in [6.07, 6.45) is -0.967. The lowest BCUT2D eigenvalue weighted by molar-refractivity contribution is -0.149. The van der Waals surface area contributed by atoms with Gasteiger partial charge in [-0.15, -0.1) is 0 Å². The van der Waals surface area contributed by atoms with Crippen molar-refractivity contribution in [3.05, 3.63) is 23.8 Å². The van der Waals surface area contributed by atoms with Gasteiger partial charge in [-0.2, -0.15) is 0 Å². The van der Waals surface area contributed by atoms with Gasteiger partial charge in [0.2, 0.25) is 0 Å². The molecule has 0 aliphatic rings. The smallest absolute Gasteiger partial charge is 0.346 e. The lowest BCUT2D eigenvalue weighted by Crippen LogP contribution is -2.25. The molecule has 0 bridgehead atoms. The third kappa shape index (κ3) is 3.13. The molecule has 0 aromatic heterocycles. The molecule has 0 fully saturated rings. The van der Waals surface area contributed by atoms with Crippen LogP contribution in [0.15, 0.2) is 18.2 Å². The van der Waals surface area contributed by atoms with Gasteiger partial charge in [0.1, 0.15) is 5.75 Å². The molecule has 18 heavy (non-hydrogen) atoms. The van der Waals surface area contributed by atoms with E-state index in [1.807, 2.05) is 0 Å². The third-order valence-corrected chi connectivity index (χ3v) is 2.29. The fraction of sp³-hybridized carbons (Fsp3) is 0.333. The molecule has 1 unspecified atom stereocenters. The number of carbonyl (C=O) groups is 2. The van der Waals surface area contributed by atoms with E-state index in [9.17, 15) is 9.59 Å². The summed E-state index contributed by atoms with van der Waals surface area (Å²) in [5.41, 5.74) is 6.28. The quantitative estimate of drug-likeness (QED) is 0.636. The van der Waals surface area contributed by atoms with Crippen LogP contribution in [0.1, 0.15) is 17.3 Å². The minimum Gasteiger partial charge on any atom is -0.495 e. The van der Waals surface area contributed by atoms with E-state index in [1.165, 1.54) is 39.3 Å². The number of esters is 2. The fourth-order valence-corrected chi connectivity index (χ4v) is 1.28. The molecule has 0 saturated heterocycles. The predicted molar refractivity (Wildman–Crippen MR) is 64.3 cm³/mol. The lowest BCUT2D eigenvalue weighted by atomic mass is 10.2. The van der Waals surface area contributed by atoms with E-state index in [4.69, 9.17) is 15.2 Å². The van der Waals surface area contributed by atoms with E-state index >= 15 is 0 Å². The minimum atomic E-state index is -0.967. The van der Waals surface area contributed by atoms with Crippen molar-refractivity contribution < 1.29 is 23.8 Å². The number of nitrogen functional groups attached to an aromatic ring is 1. The van der Waals surface area contributed by atoms with E-state index in [0.29, 0.717) is 11.4 Å². The van der Waals surface area contributed by atoms with Gasteiger partial charge in [0.25, 0.3) is 0 Å². The molecule has 0 aliphatic heterocycles. The summed E-state index contributed by atoms with van der Waals surface area (Å²) in [7, 11) is 2.66. The summed E-state index contributed by atoms with van der Waals surface area (Å²) < 4.78 is 14.4. The van der Waals surface area contributed by atoms with Gasteiger partial charge in [0.15, 0.2) is 6.10 Å². The maximum Gasteiger partial charge on any atom is 0.346 e. The summed E-state index contributed by atoms with van der Waals surface area (Å²) in [6.45, 7) is 1.43. The lowest BCUT2D eigenvalue weighted by Gasteiger charge is -2.11. The van der Waals surface area contributed by atoms with Crippen LogP contribution in [0.25, 0.3) is 0 Å². The second-order valence-electron chi connectivity index (χ2n) is 3.53. The average Bonchev–Trinajstić information content (AvgIpc) is 2.37. The molecular formula is C12H15NO5. The summed E-state index contributed by atoms with van der Waals surface area (Å²) in [5, 5.41) is 0. The zero-order valence-corrected chi connectivity index (χ0v) is 10.4. The summed E-state index contributed by atoms with van der Waals surface area (Å²) in [6, 6.07) is 4.46. The Bertz CT molecular complexity index is 458. The monoisotopic (exact) mass is 253 g/mol. The Hall–Kier alpha value is -2.24. The first kappa shape index (κ1) is 13.8. The molecular weight excluding hydrogens is 238 g/mol. The van der Waals surface area contributed by atoms with Crippen molar-refractivity contribution in [2.75, 3.05) is 20.0 Å². The van der Waals surface area contributed by atoms with Crippen molar-refractivity contribution in [3.63, 3.8) is 0 Å². The molecule has 0 aliphatic carbocycles. The number of hydrogen-bond acceptors (Lipinski definition) is 6. The van der Waals surface area contributed by atoms with Crippen molar-refractivity contribution in [2.24, 2.45) is 0 Å². The van der Waals surface area contributed by atoms with Crippen molar-refractivity contribution in [3.8, 4) is 5.75 Å². The van der Waals surface area contributed by atoms with Gasteiger partial charge in [-0.25, -0.2) is 9.59 Å². The molecule has 1 aromatic carbocycles. The second kappa shape index (κ2) is 5.90. The molecule has 0 saturated carbocycles. The van der Waals surface area contributed by atoms with Crippen LogP contribution in [-0.2, 0) is 14.3 Å². The highest BCUT2D eigenvalue weighted by molar-refractivity contribution is 5.92. The highest BCUT2D eigenvalue weighted by atomic mass is 16.6. The Labute approximate surface area is 105 Å². The largest absolute Gasteiger partial charge is 0.495 e. The molecule has 0 spiro atoms. The predicted octanol–water partition coefficient (Wildman–Crippen LogP) is 0.996. The number of carbonyl (C=O) groups excluding carboxylic acids is 2. The van der Waals surface area contributed by atoms with Gasteiger partial charge in [0.05, 0.1) is 25.5 Å². The van der Waals surface area contributed by atoms with Crippen molar-refractivity contribution in [1.82, 2.24) is 0 Å². The maximum atomic E-state index is 11.7. The van der Waals surface area contributed by atoms with Gasteiger partial charge < -0.3 is 19.9 Å². The van der Waals surface area contributed by atoms with Crippen molar-refractivity contribution in [2.45, 2.75) is 13.0 Å². The van der Waals surface area contributed by atoms with Gasteiger partial charge >= 0.3 is 11.9 Å². The number of ether oxygens (including phenoxy) is 3. The molecule has 1 rings (SSSR count). The summed E-state index contributed by atoms with van der Waals surface area (Å²) in [5.74, 6) is -0.896. The number of nitrogens with two attached hydrogens (primary N) is 1. The Morgan fingerprint density at radius 3 is 2.50 bits per heavy atom. The summed E-state index contributed by atoms with van der Waals surface area (Å²) >= 11 is 0. The second-order valence-corrected chi connectivity index (χ2v) is 3.53. The molecule has 6 heteroatoms. The fourth-order valence-electron chi connectivity index (χ4n) is 1.28. The molecule has 98 valence electrons. The minimum absolute atomic E-state index is 0.247. The zero-order chi connectivity index (χ0) is 13.7.